The van der Waals surface area contributed by atoms with Crippen LogP contribution in [0.3, 0.4) is 0 Å². The van der Waals surface area contributed by atoms with Crippen molar-refractivity contribution in [2.45, 2.75) is 25.4 Å². The highest BCUT2D eigenvalue weighted by Crippen LogP contribution is 2.22. The normalized spacial score (nSPS) is 21.1. The number of piperazine rings is 1. The Bertz CT molecular complexity index is 916. The van der Waals surface area contributed by atoms with Crippen molar-refractivity contribution in [1.82, 2.24) is 19.6 Å². The number of hydrogen-bond donors (Lipinski definition) is 0. The standard InChI is InChI=1S/C25H31N5/c1-2-8-23(9-3-1)28-15-17-29(18-16-28)25-11-5-13-27(21-25)20-22-7-4-10-24(19-22)30-14-6-12-26-30/h1-4,6-10,12,14,19,25H,5,11,13,15-18,20-21H2/t25-/m0/s1. The third-order valence-electron chi connectivity index (χ3n) is 6.52. The van der Waals surface area contributed by atoms with Crippen LogP contribution in [0.1, 0.15) is 18.4 Å². The predicted molar refractivity (Wildman–Crippen MR) is 122 cm³/mol. The maximum Gasteiger partial charge on any atom is 0.0648 e. The number of piperidine rings is 1. The minimum absolute atomic E-state index is 0.686. The molecular weight excluding hydrogens is 370 g/mol. The predicted octanol–water partition coefficient (Wildman–Crippen LogP) is 3.66. The fourth-order valence-corrected chi connectivity index (χ4v) is 4.93. The first kappa shape index (κ1) is 19.3. The van der Waals surface area contributed by atoms with Crippen LogP contribution in [0.15, 0.2) is 73.1 Å². The zero-order valence-corrected chi connectivity index (χ0v) is 17.6. The smallest absolute Gasteiger partial charge is 0.0648 e. The number of nitrogens with zero attached hydrogens (tertiary/aromatic N) is 5. The van der Waals surface area contributed by atoms with Crippen molar-refractivity contribution in [3.05, 3.63) is 78.6 Å². The Kier molecular flexibility index (Phi) is 5.82. The van der Waals surface area contributed by atoms with Gasteiger partial charge in [-0.25, -0.2) is 4.68 Å². The Hall–Kier alpha value is -2.63. The van der Waals surface area contributed by atoms with Crippen molar-refractivity contribution >= 4 is 5.69 Å². The molecule has 2 aromatic carbocycles. The van der Waals surface area contributed by atoms with Crippen LogP contribution in [0, 0.1) is 0 Å². The van der Waals surface area contributed by atoms with Crippen LogP contribution >= 0.6 is 0 Å². The molecule has 2 saturated heterocycles. The Morgan fingerprint density at radius 3 is 2.47 bits per heavy atom. The van der Waals surface area contributed by atoms with Crippen molar-refractivity contribution in [2.75, 3.05) is 44.2 Å². The molecule has 156 valence electrons. The molecule has 0 N–H and O–H groups in total. The molecule has 30 heavy (non-hydrogen) atoms. The number of aromatic nitrogens is 2. The summed E-state index contributed by atoms with van der Waals surface area (Å²) in [6, 6.07) is 22.3. The fraction of sp³-hybridized carbons (Fsp3) is 0.400. The third kappa shape index (κ3) is 4.42. The highest BCUT2D eigenvalue weighted by molar-refractivity contribution is 5.46. The van der Waals surface area contributed by atoms with Gasteiger partial charge in [0.25, 0.3) is 0 Å². The van der Waals surface area contributed by atoms with Crippen LogP contribution in [0.2, 0.25) is 0 Å². The molecule has 0 amide bonds. The molecule has 5 heteroatoms. The quantitative estimate of drug-likeness (QED) is 0.652. The summed E-state index contributed by atoms with van der Waals surface area (Å²) < 4.78 is 1.94. The Balaban J connectivity index is 1.17. The number of benzene rings is 2. The topological polar surface area (TPSA) is 27.5 Å². The summed E-state index contributed by atoms with van der Waals surface area (Å²) in [7, 11) is 0. The second-order valence-electron chi connectivity index (χ2n) is 8.51. The molecule has 2 aliphatic rings. The molecule has 5 rings (SSSR count). The van der Waals surface area contributed by atoms with Crippen molar-refractivity contribution < 1.29 is 0 Å². The van der Waals surface area contributed by atoms with Crippen molar-refractivity contribution in [3.8, 4) is 5.69 Å². The van der Waals surface area contributed by atoms with E-state index in [4.69, 9.17) is 0 Å². The lowest BCUT2D eigenvalue weighted by molar-refractivity contribution is 0.0888. The minimum atomic E-state index is 0.686. The van der Waals surface area contributed by atoms with E-state index in [9.17, 15) is 0 Å². The number of rotatable bonds is 5. The van der Waals surface area contributed by atoms with Crippen LogP contribution < -0.4 is 4.90 Å². The monoisotopic (exact) mass is 401 g/mol. The number of likely N-dealkylation sites (tertiary alicyclic amines) is 1. The second kappa shape index (κ2) is 9.02. The summed E-state index contributed by atoms with van der Waals surface area (Å²) in [4.78, 5) is 7.89. The SMILES string of the molecule is c1ccc(N2CCN([C@H]3CCCN(Cc4cccc(-n5cccn5)c4)C3)CC2)cc1. The zero-order valence-electron chi connectivity index (χ0n) is 17.6. The molecule has 1 aromatic heterocycles. The molecule has 3 heterocycles. The van der Waals surface area contributed by atoms with E-state index >= 15 is 0 Å². The average Bonchev–Trinajstić information content (AvgIpc) is 3.35. The number of para-hydroxylation sites is 1. The summed E-state index contributed by atoms with van der Waals surface area (Å²) in [5, 5.41) is 4.37. The lowest BCUT2D eigenvalue weighted by Gasteiger charge is -2.44. The molecule has 0 saturated carbocycles. The van der Waals surface area contributed by atoms with Crippen molar-refractivity contribution in [2.24, 2.45) is 0 Å². The van der Waals surface area contributed by atoms with Gasteiger partial charge < -0.3 is 4.90 Å². The van der Waals surface area contributed by atoms with E-state index in [0.29, 0.717) is 6.04 Å². The van der Waals surface area contributed by atoms with E-state index < -0.39 is 0 Å². The molecular formula is C25H31N5. The van der Waals surface area contributed by atoms with Gasteiger partial charge in [0.15, 0.2) is 0 Å². The summed E-state index contributed by atoms with van der Waals surface area (Å²) in [6.07, 6.45) is 6.46. The fourth-order valence-electron chi connectivity index (χ4n) is 4.93. The van der Waals surface area contributed by atoms with Gasteiger partial charge in [-0.15, -0.1) is 0 Å². The first-order valence-electron chi connectivity index (χ1n) is 11.2. The lowest BCUT2D eigenvalue weighted by Crippen LogP contribution is -2.55. The van der Waals surface area contributed by atoms with Crippen molar-refractivity contribution in [3.63, 3.8) is 0 Å². The molecule has 0 bridgehead atoms. The molecule has 2 fully saturated rings. The first-order valence-corrected chi connectivity index (χ1v) is 11.2. The molecule has 5 nitrogen and oxygen atoms in total. The lowest BCUT2D eigenvalue weighted by atomic mass is 10.0. The number of hydrogen-bond acceptors (Lipinski definition) is 4. The Labute approximate surface area is 179 Å². The maximum atomic E-state index is 4.37. The minimum Gasteiger partial charge on any atom is -0.369 e. The highest BCUT2D eigenvalue weighted by atomic mass is 15.3. The summed E-state index contributed by atoms with van der Waals surface area (Å²) in [6.45, 7) is 8.00. The van der Waals surface area contributed by atoms with Gasteiger partial charge in [-0.05, 0) is 55.3 Å². The Morgan fingerprint density at radius 2 is 1.67 bits per heavy atom. The van der Waals surface area contributed by atoms with Gasteiger partial charge in [-0.3, -0.25) is 9.80 Å². The largest absolute Gasteiger partial charge is 0.369 e. The van der Waals surface area contributed by atoms with E-state index in [1.165, 1.54) is 50.3 Å². The van der Waals surface area contributed by atoms with Gasteiger partial charge in [-0.1, -0.05) is 30.3 Å². The molecule has 0 unspecified atom stereocenters. The molecule has 3 aromatic rings. The van der Waals surface area contributed by atoms with Crippen LogP contribution in [-0.4, -0.2) is 64.9 Å². The van der Waals surface area contributed by atoms with Gasteiger partial charge in [0.05, 0.1) is 5.69 Å². The summed E-state index contributed by atoms with van der Waals surface area (Å²) in [5.41, 5.74) is 3.88. The van der Waals surface area contributed by atoms with Crippen LogP contribution in [0.5, 0.6) is 0 Å². The second-order valence-corrected chi connectivity index (χ2v) is 8.51. The van der Waals surface area contributed by atoms with E-state index in [0.717, 1.165) is 25.3 Å². The van der Waals surface area contributed by atoms with E-state index in [2.05, 4.69) is 74.4 Å². The van der Waals surface area contributed by atoms with Crippen LogP contribution in [0.4, 0.5) is 5.69 Å². The molecule has 1 atom stereocenters. The van der Waals surface area contributed by atoms with Crippen molar-refractivity contribution in [1.29, 1.82) is 0 Å². The molecule has 0 aliphatic carbocycles. The van der Waals surface area contributed by atoms with E-state index in [1.54, 1.807) is 0 Å². The van der Waals surface area contributed by atoms with Gasteiger partial charge in [0.1, 0.15) is 0 Å². The van der Waals surface area contributed by atoms with Gasteiger partial charge in [-0.2, -0.15) is 5.10 Å². The average molecular weight is 402 g/mol. The summed E-state index contributed by atoms with van der Waals surface area (Å²) in [5.74, 6) is 0. The Morgan fingerprint density at radius 1 is 0.833 bits per heavy atom. The zero-order chi connectivity index (χ0) is 20.2. The van der Waals surface area contributed by atoms with Crippen LogP contribution in [0.25, 0.3) is 5.69 Å². The van der Waals surface area contributed by atoms with E-state index in [-0.39, 0.29) is 0 Å². The first-order chi connectivity index (χ1) is 14.8. The maximum absolute atomic E-state index is 4.37. The number of anilines is 1. The highest BCUT2D eigenvalue weighted by Gasteiger charge is 2.28. The van der Waals surface area contributed by atoms with Gasteiger partial charge in [0, 0.05) is 63.4 Å². The summed E-state index contributed by atoms with van der Waals surface area (Å²) >= 11 is 0. The third-order valence-corrected chi connectivity index (χ3v) is 6.52. The van der Waals surface area contributed by atoms with Gasteiger partial charge in [0.2, 0.25) is 0 Å². The molecule has 2 aliphatic heterocycles. The van der Waals surface area contributed by atoms with Crippen LogP contribution in [-0.2, 0) is 6.54 Å². The molecule has 0 spiro atoms. The van der Waals surface area contributed by atoms with E-state index in [1.807, 2.05) is 23.1 Å². The van der Waals surface area contributed by atoms with Gasteiger partial charge >= 0.3 is 0 Å². The molecule has 0 radical (unpaired) electrons.